The largest absolute Gasteiger partial charge is 0.494 e. The lowest BCUT2D eigenvalue weighted by Gasteiger charge is -2.58. The molecule has 0 amide bonds. The van der Waals surface area contributed by atoms with E-state index >= 15 is 0 Å². The maximum absolute atomic E-state index is 12.8. The van der Waals surface area contributed by atoms with Crippen LogP contribution < -0.4 is 15.0 Å². The van der Waals surface area contributed by atoms with E-state index in [0.29, 0.717) is 11.4 Å². The van der Waals surface area contributed by atoms with Crippen LogP contribution in [0.4, 0.5) is 30.5 Å². The van der Waals surface area contributed by atoms with Crippen LogP contribution in [-0.2, 0) is 6.18 Å². The third-order valence-corrected chi connectivity index (χ3v) is 8.69. The van der Waals surface area contributed by atoms with Crippen molar-refractivity contribution in [2.24, 2.45) is 23.7 Å². The fourth-order valence-electron chi connectivity index (χ4n) is 7.41. The van der Waals surface area contributed by atoms with Crippen molar-refractivity contribution in [2.45, 2.75) is 44.3 Å². The van der Waals surface area contributed by atoms with E-state index in [9.17, 15) is 13.2 Å². The van der Waals surface area contributed by atoms with Gasteiger partial charge in [0.05, 0.1) is 18.4 Å². The maximum atomic E-state index is 12.8. The van der Waals surface area contributed by atoms with Crippen molar-refractivity contribution >= 4 is 17.3 Å². The summed E-state index contributed by atoms with van der Waals surface area (Å²) in [4.78, 5) is 12.8. The summed E-state index contributed by atoms with van der Waals surface area (Å²) >= 11 is 0. The van der Waals surface area contributed by atoms with Crippen LogP contribution >= 0.6 is 0 Å². The van der Waals surface area contributed by atoms with Crippen LogP contribution in [0.25, 0.3) is 0 Å². The van der Waals surface area contributed by atoms with Gasteiger partial charge < -0.3 is 15.0 Å². The first-order valence-electron chi connectivity index (χ1n) is 12.7. The highest BCUT2D eigenvalue weighted by Gasteiger charge is 2.50. The maximum Gasteiger partial charge on any atom is 0.419 e. The summed E-state index contributed by atoms with van der Waals surface area (Å²) in [5, 5.41) is 2.97. The molecule has 7 rings (SSSR count). The number of halogens is 3. The van der Waals surface area contributed by atoms with Gasteiger partial charge in [-0.1, -0.05) is 0 Å². The number of hydrogen-bond acceptors (Lipinski definition) is 6. The molecule has 2 aromatic rings. The molecule has 0 unspecified atom stereocenters. The highest BCUT2D eigenvalue weighted by molar-refractivity contribution is 5.68. The minimum atomic E-state index is -4.46. The van der Waals surface area contributed by atoms with E-state index in [-0.39, 0.29) is 5.95 Å². The summed E-state index contributed by atoms with van der Waals surface area (Å²) in [5.74, 6) is 4.53. The van der Waals surface area contributed by atoms with Crippen molar-refractivity contribution in [3.63, 3.8) is 0 Å². The predicted octanol–water partition coefficient (Wildman–Crippen LogP) is 5.19. The van der Waals surface area contributed by atoms with Gasteiger partial charge in [0.15, 0.2) is 0 Å². The molecule has 6 nitrogen and oxygen atoms in total. The molecule has 5 aliphatic rings. The summed E-state index contributed by atoms with van der Waals surface area (Å²) in [6.45, 7) is 4.16. The Kier molecular flexibility index (Phi) is 5.78. The number of alkyl halides is 3. The van der Waals surface area contributed by atoms with Crippen molar-refractivity contribution in [3.8, 4) is 5.75 Å². The van der Waals surface area contributed by atoms with Gasteiger partial charge in [0.2, 0.25) is 5.95 Å². The number of piperazine rings is 1. The molecule has 1 aromatic carbocycles. The van der Waals surface area contributed by atoms with E-state index in [1.165, 1.54) is 32.1 Å². The molecule has 1 saturated heterocycles. The molecule has 4 aliphatic carbocycles. The molecular formula is C26H32F3N5O. The number of aromatic nitrogens is 2. The summed E-state index contributed by atoms with van der Waals surface area (Å²) < 4.78 is 43.9. The third-order valence-electron chi connectivity index (χ3n) is 8.69. The lowest BCUT2D eigenvalue weighted by atomic mass is 9.54. The van der Waals surface area contributed by atoms with Crippen LogP contribution in [0.3, 0.4) is 0 Å². The Labute approximate surface area is 203 Å². The third kappa shape index (κ3) is 4.43. The molecule has 1 N–H and O–H groups in total. The Hall–Kier alpha value is -2.55. The van der Waals surface area contributed by atoms with Gasteiger partial charge in [0.1, 0.15) is 5.75 Å². The lowest BCUT2D eigenvalue weighted by Crippen LogP contribution is -2.60. The molecule has 2 heterocycles. The number of nitrogens with zero attached hydrogens (tertiary/aromatic N) is 4. The van der Waals surface area contributed by atoms with Crippen LogP contribution in [0.15, 0.2) is 30.6 Å². The molecule has 4 saturated carbocycles. The molecule has 9 heteroatoms. The quantitative estimate of drug-likeness (QED) is 0.626. The molecule has 0 atom stereocenters. The molecular weight excluding hydrogens is 455 g/mol. The number of nitrogens with one attached hydrogen (secondary N) is 1. The van der Waals surface area contributed by atoms with Gasteiger partial charge >= 0.3 is 6.18 Å². The molecule has 4 bridgehead atoms. The number of methoxy groups -OCH3 is 1. The number of benzene rings is 1. The first-order valence-corrected chi connectivity index (χ1v) is 12.7. The molecule has 35 heavy (non-hydrogen) atoms. The molecule has 5 fully saturated rings. The summed E-state index contributed by atoms with van der Waals surface area (Å²) in [6, 6.07) is 6.66. The topological polar surface area (TPSA) is 53.5 Å². The fraction of sp³-hybridized carbons (Fsp3) is 0.615. The van der Waals surface area contributed by atoms with Crippen molar-refractivity contribution in [1.29, 1.82) is 0 Å². The van der Waals surface area contributed by atoms with Gasteiger partial charge in [0, 0.05) is 56.4 Å². The van der Waals surface area contributed by atoms with E-state index in [1.807, 2.05) is 18.2 Å². The Morgan fingerprint density at radius 2 is 1.54 bits per heavy atom. The van der Waals surface area contributed by atoms with Crippen molar-refractivity contribution in [2.75, 3.05) is 43.5 Å². The van der Waals surface area contributed by atoms with E-state index in [2.05, 4.69) is 25.1 Å². The lowest BCUT2D eigenvalue weighted by molar-refractivity contribution is -0.138. The highest BCUT2D eigenvalue weighted by atomic mass is 19.4. The van der Waals surface area contributed by atoms with E-state index in [1.54, 1.807) is 7.11 Å². The SMILES string of the molecule is COc1cc(N2CCN(C3C4CC5CC(C4)CC3C5)CC2)ccc1Nc1ncc(C(F)(F)F)cn1. The van der Waals surface area contributed by atoms with E-state index in [0.717, 1.165) is 74.0 Å². The van der Waals surface area contributed by atoms with Crippen LogP contribution in [0.5, 0.6) is 5.75 Å². The highest BCUT2D eigenvalue weighted by Crippen LogP contribution is 2.55. The molecule has 1 aromatic heterocycles. The van der Waals surface area contributed by atoms with Gasteiger partial charge in [-0.2, -0.15) is 13.2 Å². The first-order chi connectivity index (χ1) is 16.9. The van der Waals surface area contributed by atoms with Crippen LogP contribution in [0.2, 0.25) is 0 Å². The summed E-state index contributed by atoms with van der Waals surface area (Å²) in [7, 11) is 1.59. The van der Waals surface area contributed by atoms with Gasteiger partial charge in [-0.3, -0.25) is 4.90 Å². The minimum Gasteiger partial charge on any atom is -0.494 e. The number of hydrogen-bond donors (Lipinski definition) is 1. The van der Waals surface area contributed by atoms with E-state index in [4.69, 9.17) is 4.74 Å². The van der Waals surface area contributed by atoms with E-state index < -0.39 is 11.7 Å². The van der Waals surface area contributed by atoms with Gasteiger partial charge in [-0.05, 0) is 67.9 Å². The number of anilines is 3. The Morgan fingerprint density at radius 1 is 0.914 bits per heavy atom. The molecule has 0 radical (unpaired) electrons. The van der Waals surface area contributed by atoms with Gasteiger partial charge in [0.25, 0.3) is 0 Å². The Balaban J connectivity index is 1.10. The minimum absolute atomic E-state index is 0.0910. The number of ether oxygens (including phenoxy) is 1. The normalized spacial score (nSPS) is 30.5. The Bertz CT molecular complexity index is 1020. The number of rotatable bonds is 5. The second kappa shape index (κ2) is 8.84. The fourth-order valence-corrected chi connectivity index (χ4v) is 7.41. The molecule has 1 aliphatic heterocycles. The standard InChI is InChI=1S/C26H32F3N5O/c1-35-23-13-21(2-3-22(23)32-25-30-14-20(15-31-25)26(27,28)29)33-4-6-34(7-5-33)24-18-9-16-8-17(11-18)12-19(24)10-16/h2-3,13-19,24H,4-12H2,1H3,(H,30,31,32). The average molecular weight is 488 g/mol. The van der Waals surface area contributed by atoms with Crippen LogP contribution in [0.1, 0.15) is 37.7 Å². The monoisotopic (exact) mass is 487 g/mol. The average Bonchev–Trinajstić information content (AvgIpc) is 2.84. The van der Waals surface area contributed by atoms with Gasteiger partial charge in [-0.25, -0.2) is 9.97 Å². The summed E-state index contributed by atoms with van der Waals surface area (Å²) in [5.41, 5.74) is 0.826. The second-order valence-electron chi connectivity index (χ2n) is 10.7. The van der Waals surface area contributed by atoms with Crippen molar-refractivity contribution in [3.05, 3.63) is 36.2 Å². The first kappa shape index (κ1) is 22.9. The molecule has 188 valence electrons. The van der Waals surface area contributed by atoms with Crippen molar-refractivity contribution in [1.82, 2.24) is 14.9 Å². The van der Waals surface area contributed by atoms with Crippen LogP contribution in [-0.4, -0.2) is 54.2 Å². The smallest absolute Gasteiger partial charge is 0.419 e. The zero-order chi connectivity index (χ0) is 24.2. The predicted molar refractivity (Wildman–Crippen MR) is 128 cm³/mol. The second-order valence-corrected chi connectivity index (χ2v) is 10.7. The van der Waals surface area contributed by atoms with Gasteiger partial charge in [-0.15, -0.1) is 0 Å². The molecule has 0 spiro atoms. The van der Waals surface area contributed by atoms with Crippen molar-refractivity contribution < 1.29 is 17.9 Å². The zero-order valence-electron chi connectivity index (χ0n) is 20.0. The Morgan fingerprint density at radius 3 is 2.11 bits per heavy atom. The summed E-state index contributed by atoms with van der Waals surface area (Å²) in [6.07, 6.45) is 4.39. The zero-order valence-corrected chi connectivity index (χ0v) is 20.0. The van der Waals surface area contributed by atoms with Crippen LogP contribution in [0, 0.1) is 23.7 Å².